The van der Waals surface area contributed by atoms with E-state index in [1.807, 2.05) is 26.0 Å². The molecule has 208 valence electrons. The van der Waals surface area contributed by atoms with Gasteiger partial charge in [0.1, 0.15) is 5.75 Å². The number of aryl methyl sites for hydroxylation is 3. The van der Waals surface area contributed by atoms with Gasteiger partial charge in [-0.15, -0.1) is 0 Å². The third-order valence-corrected chi connectivity index (χ3v) is 5.94. The number of urea groups is 1. The number of benzene rings is 2. The van der Waals surface area contributed by atoms with Crippen LogP contribution in [0.25, 0.3) is 0 Å². The van der Waals surface area contributed by atoms with E-state index >= 15 is 0 Å². The minimum Gasteiger partial charge on any atom is -0.476 e. The average Bonchev–Trinajstić information content (AvgIpc) is 2.84. The molecule has 0 aliphatic heterocycles. The molecule has 0 aliphatic carbocycles. The van der Waals surface area contributed by atoms with Crippen molar-refractivity contribution in [3.8, 4) is 5.75 Å². The first-order chi connectivity index (χ1) is 17.7. The second-order valence-electron chi connectivity index (χ2n) is 9.37. The fraction of sp³-hybridized carbons (Fsp3) is 0.464. The van der Waals surface area contributed by atoms with Gasteiger partial charge in [0, 0.05) is 18.8 Å². The van der Waals surface area contributed by atoms with E-state index in [0.717, 1.165) is 33.7 Å². The summed E-state index contributed by atoms with van der Waals surface area (Å²) in [6.45, 7) is 11.0. The van der Waals surface area contributed by atoms with E-state index in [4.69, 9.17) is 9.47 Å². The molecule has 0 saturated carbocycles. The predicted octanol–water partition coefficient (Wildman–Crippen LogP) is 6.08. The first-order valence-electron chi connectivity index (χ1n) is 12.4. The molecule has 2 aromatic carbocycles. The Bertz CT molecular complexity index is 1110. The summed E-state index contributed by atoms with van der Waals surface area (Å²) in [5, 5.41) is 0. The summed E-state index contributed by atoms with van der Waals surface area (Å²) in [5.74, 6) is 0.130. The first-order valence-corrected chi connectivity index (χ1v) is 12.4. The number of anilines is 1. The molecule has 0 heterocycles. The molecule has 0 aliphatic rings. The van der Waals surface area contributed by atoms with Gasteiger partial charge >= 0.3 is 18.2 Å². The van der Waals surface area contributed by atoms with E-state index in [-0.39, 0.29) is 25.4 Å². The van der Waals surface area contributed by atoms with Crippen LogP contribution < -0.4 is 9.64 Å². The van der Waals surface area contributed by atoms with Gasteiger partial charge in [-0.1, -0.05) is 12.1 Å². The molecule has 0 bridgehead atoms. The molecule has 0 fully saturated rings. The fourth-order valence-electron chi connectivity index (χ4n) is 4.01. The van der Waals surface area contributed by atoms with Crippen molar-refractivity contribution in [3.05, 3.63) is 58.7 Å². The number of ether oxygens (including phenoxy) is 2. The van der Waals surface area contributed by atoms with Crippen molar-refractivity contribution < 1.29 is 37.0 Å². The lowest BCUT2D eigenvalue weighted by Gasteiger charge is -2.27. The molecule has 0 saturated heterocycles. The summed E-state index contributed by atoms with van der Waals surface area (Å²) < 4.78 is 49.7. The van der Waals surface area contributed by atoms with Gasteiger partial charge in [-0.2, -0.15) is 13.2 Å². The molecular weight excluding hydrogens is 501 g/mol. The van der Waals surface area contributed by atoms with Crippen molar-refractivity contribution in [3.63, 3.8) is 0 Å². The second-order valence-corrected chi connectivity index (χ2v) is 9.37. The van der Waals surface area contributed by atoms with Gasteiger partial charge < -0.3 is 9.47 Å². The minimum atomic E-state index is -4.48. The number of carbonyl (C=O) groups excluding carboxylic acids is 3. The van der Waals surface area contributed by atoms with Gasteiger partial charge in [0.05, 0.1) is 12.2 Å². The van der Waals surface area contributed by atoms with Crippen LogP contribution in [-0.2, 0) is 26.9 Å². The second kappa shape index (κ2) is 12.8. The topological polar surface area (TPSA) is 76.1 Å². The lowest BCUT2D eigenvalue weighted by Crippen LogP contribution is -2.43. The number of esters is 1. The lowest BCUT2D eigenvalue weighted by molar-refractivity contribution is -0.158. The van der Waals surface area contributed by atoms with Crippen molar-refractivity contribution >= 4 is 24.1 Å². The van der Waals surface area contributed by atoms with E-state index in [1.165, 1.54) is 17.0 Å². The van der Waals surface area contributed by atoms with Gasteiger partial charge in [-0.25, -0.2) is 9.59 Å². The van der Waals surface area contributed by atoms with Crippen molar-refractivity contribution in [2.24, 2.45) is 0 Å². The normalized spacial score (nSPS) is 11.6. The Labute approximate surface area is 221 Å². The summed E-state index contributed by atoms with van der Waals surface area (Å²) in [6.07, 6.45) is -3.01. The maximum absolute atomic E-state index is 13.0. The van der Waals surface area contributed by atoms with Gasteiger partial charge in [0.2, 0.25) is 6.41 Å². The number of alkyl halides is 3. The van der Waals surface area contributed by atoms with Crippen LogP contribution in [0.2, 0.25) is 0 Å². The SMILES string of the molecule is CCOC(=O)C(C)(C)Oc1c(C)cc(CCCN(C=O)C(=O)N(CC)c2ccc(C(F)(F)F)cc2)cc1C. The Hall–Kier alpha value is -3.56. The van der Waals surface area contributed by atoms with Crippen molar-refractivity contribution in [2.45, 2.75) is 66.2 Å². The summed E-state index contributed by atoms with van der Waals surface area (Å²) >= 11 is 0. The maximum atomic E-state index is 13.0. The lowest BCUT2D eigenvalue weighted by atomic mass is 10.0. The van der Waals surface area contributed by atoms with Crippen LogP contribution in [0.15, 0.2) is 36.4 Å². The summed E-state index contributed by atoms with van der Waals surface area (Å²) in [5.41, 5.74) is 0.930. The molecule has 3 amide bonds. The molecule has 0 radical (unpaired) electrons. The van der Waals surface area contributed by atoms with E-state index < -0.39 is 29.3 Å². The zero-order chi connectivity index (χ0) is 28.7. The molecule has 0 spiro atoms. The highest BCUT2D eigenvalue weighted by Crippen LogP contribution is 2.31. The molecule has 2 aromatic rings. The Morgan fingerprint density at radius 1 is 1.00 bits per heavy atom. The number of hydrogen-bond acceptors (Lipinski definition) is 5. The van der Waals surface area contributed by atoms with E-state index in [0.29, 0.717) is 25.0 Å². The Morgan fingerprint density at radius 3 is 2.05 bits per heavy atom. The van der Waals surface area contributed by atoms with Gasteiger partial charge in [0.25, 0.3) is 0 Å². The van der Waals surface area contributed by atoms with Crippen LogP contribution in [0, 0.1) is 13.8 Å². The highest BCUT2D eigenvalue weighted by molar-refractivity contribution is 5.97. The summed E-state index contributed by atoms with van der Waals surface area (Å²) in [7, 11) is 0. The minimum absolute atomic E-state index is 0.131. The Morgan fingerprint density at radius 2 is 1.58 bits per heavy atom. The van der Waals surface area contributed by atoms with Crippen molar-refractivity contribution in [2.75, 3.05) is 24.6 Å². The van der Waals surface area contributed by atoms with Gasteiger partial charge in [-0.3, -0.25) is 14.6 Å². The van der Waals surface area contributed by atoms with Crippen LogP contribution in [0.5, 0.6) is 5.75 Å². The molecule has 0 N–H and O–H groups in total. The predicted molar refractivity (Wildman–Crippen MR) is 138 cm³/mol. The van der Waals surface area contributed by atoms with Crippen LogP contribution in [0.4, 0.5) is 23.7 Å². The Kier molecular flexibility index (Phi) is 10.3. The number of carbonyl (C=O) groups is 3. The monoisotopic (exact) mass is 536 g/mol. The number of rotatable bonds is 11. The van der Waals surface area contributed by atoms with Crippen LogP contribution in [-0.4, -0.2) is 48.6 Å². The van der Waals surface area contributed by atoms with E-state index in [9.17, 15) is 27.6 Å². The third-order valence-electron chi connectivity index (χ3n) is 5.94. The molecule has 0 atom stereocenters. The van der Waals surface area contributed by atoms with Crippen LogP contribution in [0.3, 0.4) is 0 Å². The number of halogens is 3. The third kappa shape index (κ3) is 7.72. The van der Waals surface area contributed by atoms with Crippen molar-refractivity contribution in [1.82, 2.24) is 4.90 Å². The summed E-state index contributed by atoms with van der Waals surface area (Å²) in [6, 6.07) is 7.48. The number of amides is 3. The van der Waals surface area contributed by atoms with Crippen molar-refractivity contribution in [1.29, 1.82) is 0 Å². The number of imide groups is 1. The molecular formula is C28H35F3N2O5. The quantitative estimate of drug-likeness (QED) is 0.257. The van der Waals surface area contributed by atoms with Gasteiger partial charge in [-0.05, 0) is 95.3 Å². The average molecular weight is 537 g/mol. The molecule has 38 heavy (non-hydrogen) atoms. The molecule has 0 aromatic heterocycles. The zero-order valence-electron chi connectivity index (χ0n) is 22.6. The molecule has 7 nitrogen and oxygen atoms in total. The number of hydrogen-bond donors (Lipinski definition) is 0. The smallest absolute Gasteiger partial charge is 0.416 e. The Balaban J connectivity index is 2.06. The summed E-state index contributed by atoms with van der Waals surface area (Å²) in [4.78, 5) is 39.1. The van der Waals surface area contributed by atoms with Crippen LogP contribution in [0.1, 0.15) is 56.4 Å². The fourth-order valence-corrected chi connectivity index (χ4v) is 4.01. The van der Waals surface area contributed by atoms with E-state index in [1.54, 1.807) is 27.7 Å². The maximum Gasteiger partial charge on any atom is 0.416 e. The highest BCUT2D eigenvalue weighted by atomic mass is 19.4. The van der Waals surface area contributed by atoms with E-state index in [2.05, 4.69) is 0 Å². The van der Waals surface area contributed by atoms with Crippen LogP contribution >= 0.6 is 0 Å². The molecule has 2 rings (SSSR count). The number of nitrogens with zero attached hydrogens (tertiary/aromatic N) is 2. The molecule has 10 heteroatoms. The zero-order valence-corrected chi connectivity index (χ0v) is 22.6. The first kappa shape index (κ1) is 30.7. The highest BCUT2D eigenvalue weighted by Gasteiger charge is 2.33. The van der Waals surface area contributed by atoms with Gasteiger partial charge in [0.15, 0.2) is 5.60 Å². The molecule has 0 unspecified atom stereocenters. The largest absolute Gasteiger partial charge is 0.476 e. The standard InChI is InChI=1S/C28H35F3N2O5/c1-7-33(23-13-11-22(12-14-23)28(29,30)31)26(36)32(18-34)15-9-10-21-16-19(3)24(20(4)17-21)38-27(5,6)25(35)37-8-2/h11-14,16-18H,7-10,15H2,1-6H3.